The Morgan fingerprint density at radius 2 is 1.10 bits per heavy atom. The van der Waals surface area contributed by atoms with E-state index in [4.69, 9.17) is 10.2 Å². The van der Waals surface area contributed by atoms with Gasteiger partial charge in [0.25, 0.3) is 0 Å². The molecule has 0 spiro atoms. The fourth-order valence-corrected chi connectivity index (χ4v) is 1.88. The standard InChI is InChI=1S/C14H10.C3H6O3/c1-2-6-12-10-14-8-4-3-7-13(14)9-11(12)5-1;1-2(4)3(5)6/h1-10H;2,4H,1H3,(H,5,6). The Balaban J connectivity index is 0.000000212. The zero-order valence-corrected chi connectivity index (χ0v) is 11.2. The van der Waals surface area contributed by atoms with Gasteiger partial charge < -0.3 is 10.2 Å². The molecule has 0 saturated carbocycles. The van der Waals surface area contributed by atoms with Gasteiger partial charge in [0.1, 0.15) is 6.10 Å². The van der Waals surface area contributed by atoms with Crippen LogP contribution in [0, 0.1) is 0 Å². The molecule has 0 heterocycles. The molecule has 102 valence electrons. The summed E-state index contributed by atoms with van der Waals surface area (Å²) in [7, 11) is 0. The van der Waals surface area contributed by atoms with E-state index in [0.29, 0.717) is 0 Å². The molecule has 2 N–H and O–H groups in total. The van der Waals surface area contributed by atoms with Gasteiger partial charge in [-0.25, -0.2) is 4.79 Å². The van der Waals surface area contributed by atoms with Crippen molar-refractivity contribution in [3.05, 3.63) is 60.7 Å². The number of carboxylic acids is 1. The normalized spacial score (nSPS) is 11.7. The number of hydrogen-bond donors (Lipinski definition) is 2. The minimum Gasteiger partial charge on any atom is -0.479 e. The second-order valence-electron chi connectivity index (χ2n) is 4.56. The number of aliphatic hydroxyl groups excluding tert-OH is 1. The summed E-state index contributed by atoms with van der Waals surface area (Å²) in [5.74, 6) is -1.19. The number of rotatable bonds is 1. The Morgan fingerprint density at radius 1 is 0.850 bits per heavy atom. The first-order chi connectivity index (χ1) is 9.58. The number of benzene rings is 3. The molecule has 3 heteroatoms. The minimum atomic E-state index is -1.23. The lowest BCUT2D eigenvalue weighted by Crippen LogP contribution is -2.13. The van der Waals surface area contributed by atoms with Crippen LogP contribution in [-0.4, -0.2) is 22.3 Å². The predicted octanol–water partition coefficient (Wildman–Crippen LogP) is 3.44. The van der Waals surface area contributed by atoms with Crippen molar-refractivity contribution in [2.45, 2.75) is 13.0 Å². The topological polar surface area (TPSA) is 57.5 Å². The van der Waals surface area contributed by atoms with E-state index in [-0.39, 0.29) is 0 Å². The van der Waals surface area contributed by atoms with Crippen LogP contribution < -0.4 is 0 Å². The molecule has 0 aromatic heterocycles. The third kappa shape index (κ3) is 3.33. The molecule has 0 aliphatic carbocycles. The minimum absolute atomic E-state index is 1.19. The van der Waals surface area contributed by atoms with Crippen LogP contribution in [0.1, 0.15) is 6.92 Å². The molecule has 0 fully saturated rings. The van der Waals surface area contributed by atoms with Gasteiger partial charge in [0.2, 0.25) is 0 Å². The van der Waals surface area contributed by atoms with Crippen molar-refractivity contribution < 1.29 is 15.0 Å². The fraction of sp³-hybridized carbons (Fsp3) is 0.118. The molecular formula is C17H16O3. The van der Waals surface area contributed by atoms with Crippen molar-refractivity contribution >= 4 is 27.5 Å². The Kier molecular flexibility index (Phi) is 4.33. The maximum absolute atomic E-state index is 9.45. The second-order valence-corrected chi connectivity index (χ2v) is 4.56. The van der Waals surface area contributed by atoms with Gasteiger partial charge in [0.05, 0.1) is 0 Å². The van der Waals surface area contributed by atoms with E-state index >= 15 is 0 Å². The monoisotopic (exact) mass is 268 g/mol. The van der Waals surface area contributed by atoms with Gasteiger partial charge in [-0.3, -0.25) is 0 Å². The van der Waals surface area contributed by atoms with Crippen molar-refractivity contribution in [1.29, 1.82) is 0 Å². The van der Waals surface area contributed by atoms with E-state index in [9.17, 15) is 4.79 Å². The van der Waals surface area contributed by atoms with Crippen LogP contribution in [0.4, 0.5) is 0 Å². The lowest BCUT2D eigenvalue weighted by atomic mass is 10.0. The Bertz CT molecular complexity index is 627. The highest BCUT2D eigenvalue weighted by atomic mass is 16.4. The maximum Gasteiger partial charge on any atom is 0.332 e. The fourth-order valence-electron chi connectivity index (χ4n) is 1.88. The Hall–Kier alpha value is -2.39. The molecule has 0 aliphatic heterocycles. The van der Waals surface area contributed by atoms with Crippen molar-refractivity contribution in [1.82, 2.24) is 0 Å². The Morgan fingerprint density at radius 3 is 1.30 bits per heavy atom. The first-order valence-corrected chi connectivity index (χ1v) is 6.36. The van der Waals surface area contributed by atoms with Crippen molar-refractivity contribution in [3.8, 4) is 0 Å². The SMILES string of the molecule is CC(O)C(=O)O.c1ccc2cc3ccccc3cc2c1. The molecule has 0 aliphatic rings. The van der Waals surface area contributed by atoms with Crippen molar-refractivity contribution in [2.24, 2.45) is 0 Å². The number of carboxylic acid groups (broad SMARTS) is 1. The average Bonchev–Trinajstić information content (AvgIpc) is 2.45. The summed E-state index contributed by atoms with van der Waals surface area (Å²) in [6.07, 6.45) is -1.23. The second kappa shape index (κ2) is 6.17. The van der Waals surface area contributed by atoms with Crippen LogP contribution in [0.15, 0.2) is 60.7 Å². The number of hydrogen-bond acceptors (Lipinski definition) is 2. The van der Waals surface area contributed by atoms with Crippen molar-refractivity contribution in [2.75, 3.05) is 0 Å². The summed E-state index contributed by atoms with van der Waals surface area (Å²) in [6.45, 7) is 1.20. The lowest BCUT2D eigenvalue weighted by molar-refractivity contribution is -0.145. The number of carbonyl (C=O) groups is 1. The third-order valence-corrected chi connectivity index (χ3v) is 2.97. The van der Waals surface area contributed by atoms with Gasteiger partial charge >= 0.3 is 5.97 Å². The first kappa shape index (κ1) is 14.0. The van der Waals surface area contributed by atoms with Gasteiger partial charge in [-0.15, -0.1) is 0 Å². The molecule has 3 rings (SSSR count). The van der Waals surface area contributed by atoms with E-state index in [2.05, 4.69) is 60.7 Å². The smallest absolute Gasteiger partial charge is 0.332 e. The van der Waals surface area contributed by atoms with Crippen molar-refractivity contribution in [3.63, 3.8) is 0 Å². The van der Waals surface area contributed by atoms with Crippen LogP contribution in [0.2, 0.25) is 0 Å². The van der Waals surface area contributed by atoms with E-state index < -0.39 is 12.1 Å². The molecule has 3 nitrogen and oxygen atoms in total. The number of aliphatic carboxylic acids is 1. The summed E-state index contributed by atoms with van der Waals surface area (Å²) >= 11 is 0. The number of aliphatic hydroxyl groups is 1. The lowest BCUT2D eigenvalue weighted by Gasteiger charge is -2.00. The first-order valence-electron chi connectivity index (χ1n) is 6.36. The van der Waals surface area contributed by atoms with Gasteiger partial charge in [0.15, 0.2) is 0 Å². The zero-order valence-electron chi connectivity index (χ0n) is 11.2. The zero-order chi connectivity index (χ0) is 14.5. The van der Waals surface area contributed by atoms with Crippen LogP contribution in [0.25, 0.3) is 21.5 Å². The van der Waals surface area contributed by atoms with Gasteiger partial charge in [-0.2, -0.15) is 0 Å². The molecule has 1 atom stereocenters. The van der Waals surface area contributed by atoms with E-state index in [1.54, 1.807) is 0 Å². The largest absolute Gasteiger partial charge is 0.479 e. The molecule has 3 aromatic rings. The van der Waals surface area contributed by atoms with Gasteiger partial charge in [-0.1, -0.05) is 48.5 Å². The molecule has 0 bridgehead atoms. The summed E-state index contributed by atoms with van der Waals surface area (Å²) in [5.41, 5.74) is 0. The Labute approximate surface area is 117 Å². The third-order valence-electron chi connectivity index (χ3n) is 2.97. The quantitative estimate of drug-likeness (QED) is 0.665. The molecule has 20 heavy (non-hydrogen) atoms. The van der Waals surface area contributed by atoms with E-state index in [0.717, 1.165) is 0 Å². The molecular weight excluding hydrogens is 252 g/mol. The molecule has 1 unspecified atom stereocenters. The van der Waals surface area contributed by atoms with Crippen LogP contribution in [0.5, 0.6) is 0 Å². The highest BCUT2D eigenvalue weighted by Gasteiger charge is 2.01. The molecule has 3 aromatic carbocycles. The highest BCUT2D eigenvalue weighted by Crippen LogP contribution is 2.21. The predicted molar refractivity (Wildman–Crippen MR) is 80.8 cm³/mol. The van der Waals surface area contributed by atoms with E-state index in [1.165, 1.54) is 28.5 Å². The molecule has 0 radical (unpaired) electrons. The number of fused-ring (bicyclic) bond motifs is 2. The van der Waals surface area contributed by atoms with Gasteiger partial charge in [-0.05, 0) is 40.6 Å². The van der Waals surface area contributed by atoms with Crippen LogP contribution >= 0.6 is 0 Å². The summed E-state index contributed by atoms with van der Waals surface area (Å²) in [4.78, 5) is 9.45. The molecule has 0 saturated heterocycles. The summed E-state index contributed by atoms with van der Waals surface area (Å²) in [6, 6.07) is 21.4. The maximum atomic E-state index is 9.45. The summed E-state index contributed by atoms with van der Waals surface area (Å²) in [5, 5.41) is 21.0. The molecule has 0 amide bonds. The van der Waals surface area contributed by atoms with Gasteiger partial charge in [0, 0.05) is 0 Å². The summed E-state index contributed by atoms with van der Waals surface area (Å²) < 4.78 is 0. The van der Waals surface area contributed by atoms with Crippen LogP contribution in [0.3, 0.4) is 0 Å². The van der Waals surface area contributed by atoms with Crippen LogP contribution in [-0.2, 0) is 4.79 Å². The average molecular weight is 268 g/mol. The van der Waals surface area contributed by atoms with E-state index in [1.807, 2.05) is 0 Å². The highest BCUT2D eigenvalue weighted by molar-refractivity contribution is 5.98.